The molecule has 0 unspecified atom stereocenters. The van der Waals surface area contributed by atoms with Gasteiger partial charge in [-0.2, -0.15) is 0 Å². The van der Waals surface area contributed by atoms with Gasteiger partial charge in [0.2, 0.25) is 3.57 Å². The third-order valence-electron chi connectivity index (χ3n) is 1.31. The average Bonchev–Trinajstić information content (AvgIpc) is 2.14. The highest BCUT2D eigenvalue weighted by Crippen LogP contribution is 2.06. The summed E-state index contributed by atoms with van der Waals surface area (Å²) in [6, 6.07) is 10.6. The van der Waals surface area contributed by atoms with Crippen LogP contribution in [-0.2, 0) is 0 Å². The lowest BCUT2D eigenvalue weighted by Crippen LogP contribution is -3.59. The molecule has 0 bridgehead atoms. The molecule has 0 aliphatic carbocycles. The molecule has 0 amide bonds. The monoisotopic (exact) mass is 388 g/mol. The van der Waals surface area contributed by atoms with E-state index >= 15 is 0 Å². The summed E-state index contributed by atoms with van der Waals surface area (Å²) in [6.07, 6.45) is 0. The maximum absolute atomic E-state index is 9.75. The highest BCUT2D eigenvalue weighted by molar-refractivity contribution is 6.83. The van der Waals surface area contributed by atoms with Gasteiger partial charge >= 0.3 is 28.5 Å². The molecule has 1 aromatic carbocycles. The van der Waals surface area contributed by atoms with Crippen molar-refractivity contribution in [3.8, 4) is 9.47 Å². The van der Waals surface area contributed by atoms with Crippen molar-refractivity contribution in [2.45, 2.75) is 19.6 Å². The third kappa shape index (κ3) is 15.5. The van der Waals surface area contributed by atoms with Gasteiger partial charge in [0, 0.05) is 0 Å². The fourth-order valence-electron chi connectivity index (χ4n) is 0.698. The van der Waals surface area contributed by atoms with Gasteiger partial charge in [-0.1, -0.05) is 43.4 Å². The van der Waals surface area contributed by atoms with Gasteiger partial charge in [0.05, 0.1) is 0 Å². The first-order valence-corrected chi connectivity index (χ1v) is 10.8. The lowest BCUT2D eigenvalue weighted by molar-refractivity contribution is -0.535. The van der Waals surface area contributed by atoms with Gasteiger partial charge in [-0.05, 0) is 12.1 Å². The number of hydrogen-bond donors (Lipinski definition) is 0. The zero-order chi connectivity index (χ0) is 14.2. The topological polar surface area (TPSA) is 0 Å². The number of benzene rings is 1. The molecule has 0 saturated carbocycles. The molecule has 0 saturated heterocycles. The molecule has 0 aromatic heterocycles. The summed E-state index contributed by atoms with van der Waals surface area (Å²) < 4.78 is 43.8. The van der Waals surface area contributed by atoms with Crippen LogP contribution in [0.25, 0.3) is 0 Å². The Hall–Kier alpha value is -0.488. The first-order valence-electron chi connectivity index (χ1n) is 5.16. The summed E-state index contributed by atoms with van der Waals surface area (Å²) in [4.78, 5) is 0. The standard InChI is InChI=1S/C11H14ISi.BF4/c1-13(2,3)10-9-12-11-7-5-4-6-8-11;2-1(3,4)5/h4-8H,1-3H3;/q+1;-1. The molecular weight excluding hydrogens is 374 g/mol. The molecule has 100 valence electrons. The van der Waals surface area contributed by atoms with Crippen molar-refractivity contribution in [1.82, 2.24) is 0 Å². The second-order valence-electron chi connectivity index (χ2n) is 4.35. The minimum absolute atomic E-state index is 0.0656. The summed E-state index contributed by atoms with van der Waals surface area (Å²) >= 11 is -0.0656. The Bertz CT molecular complexity index is 397. The zero-order valence-electron chi connectivity index (χ0n) is 10.4. The number of halogens is 5. The molecule has 0 aliphatic rings. The van der Waals surface area contributed by atoms with E-state index in [1.54, 1.807) is 0 Å². The predicted octanol–water partition coefficient (Wildman–Crippen LogP) is 1.08. The molecule has 0 aliphatic heterocycles. The molecule has 1 aromatic rings. The second-order valence-corrected chi connectivity index (χ2v) is 11.4. The molecule has 7 heteroatoms. The lowest BCUT2D eigenvalue weighted by Gasteiger charge is -2.00. The Labute approximate surface area is 117 Å². The smallest absolute Gasteiger partial charge is 0.418 e. The maximum atomic E-state index is 9.75. The van der Waals surface area contributed by atoms with E-state index in [9.17, 15) is 17.3 Å². The molecule has 0 atom stereocenters. The Balaban J connectivity index is 0.000000494. The van der Waals surface area contributed by atoms with Gasteiger partial charge in [0.1, 0.15) is 8.07 Å². The van der Waals surface area contributed by atoms with E-state index in [2.05, 4.69) is 59.4 Å². The predicted molar refractivity (Wildman–Crippen MR) is 66.4 cm³/mol. The quantitative estimate of drug-likeness (QED) is 0.293. The molecule has 0 nitrogen and oxygen atoms in total. The van der Waals surface area contributed by atoms with E-state index in [1.165, 1.54) is 3.57 Å². The van der Waals surface area contributed by atoms with Crippen LogP contribution in [0.4, 0.5) is 17.3 Å². The Morgan fingerprint density at radius 2 is 1.44 bits per heavy atom. The van der Waals surface area contributed by atoms with Crippen LogP contribution in [0.2, 0.25) is 19.6 Å². The molecule has 0 heterocycles. The van der Waals surface area contributed by atoms with E-state index in [0.717, 1.165) is 0 Å². The molecular formula is C11H14BF4ISi. The van der Waals surface area contributed by atoms with E-state index < -0.39 is 15.3 Å². The van der Waals surface area contributed by atoms with Crippen molar-refractivity contribution in [2.75, 3.05) is 0 Å². The van der Waals surface area contributed by atoms with Crippen LogP contribution in [-0.4, -0.2) is 15.3 Å². The third-order valence-corrected chi connectivity index (χ3v) is 4.58. The van der Waals surface area contributed by atoms with Crippen LogP contribution < -0.4 is 21.2 Å². The SMILES string of the molecule is C[Si](C)(C)C#C[I+]c1ccccc1.F[B-](F)(F)F. The summed E-state index contributed by atoms with van der Waals surface area (Å²) in [5.41, 5.74) is 3.41. The maximum Gasteiger partial charge on any atom is 0.673 e. The summed E-state index contributed by atoms with van der Waals surface area (Å²) in [6.45, 7) is 6.86. The van der Waals surface area contributed by atoms with E-state index in [4.69, 9.17) is 0 Å². The molecule has 0 radical (unpaired) electrons. The van der Waals surface area contributed by atoms with Crippen molar-refractivity contribution >= 4 is 15.3 Å². The molecule has 1 rings (SSSR count). The molecule has 18 heavy (non-hydrogen) atoms. The highest BCUT2D eigenvalue weighted by atomic mass is 127. The summed E-state index contributed by atoms with van der Waals surface area (Å²) in [5.74, 6) is 0. The summed E-state index contributed by atoms with van der Waals surface area (Å²) in [5, 5.41) is 0. The largest absolute Gasteiger partial charge is 0.673 e. The Morgan fingerprint density at radius 1 is 1.00 bits per heavy atom. The van der Waals surface area contributed by atoms with Crippen molar-refractivity contribution < 1.29 is 38.5 Å². The van der Waals surface area contributed by atoms with Crippen molar-refractivity contribution in [1.29, 1.82) is 0 Å². The second kappa shape index (κ2) is 7.84. The van der Waals surface area contributed by atoms with Crippen LogP contribution in [0, 0.1) is 13.0 Å². The van der Waals surface area contributed by atoms with Gasteiger partial charge in [0.15, 0.2) is 3.93 Å². The minimum atomic E-state index is -6.00. The zero-order valence-corrected chi connectivity index (χ0v) is 13.5. The van der Waals surface area contributed by atoms with E-state index in [-0.39, 0.29) is 21.2 Å². The number of rotatable bonds is 1. The van der Waals surface area contributed by atoms with Gasteiger partial charge in [-0.15, -0.1) is 0 Å². The van der Waals surface area contributed by atoms with Gasteiger partial charge in [-0.3, -0.25) is 0 Å². The first-order chi connectivity index (χ1) is 8.08. The fourth-order valence-corrected chi connectivity index (χ4v) is 4.95. The van der Waals surface area contributed by atoms with Crippen molar-refractivity contribution in [3.05, 3.63) is 33.9 Å². The van der Waals surface area contributed by atoms with Gasteiger partial charge in [0.25, 0.3) is 0 Å². The van der Waals surface area contributed by atoms with Crippen molar-refractivity contribution in [2.24, 2.45) is 0 Å². The Morgan fingerprint density at radius 3 is 1.83 bits per heavy atom. The molecule has 0 N–H and O–H groups in total. The first kappa shape index (κ1) is 17.5. The fraction of sp³-hybridized carbons (Fsp3) is 0.273. The highest BCUT2D eigenvalue weighted by Gasteiger charge is 2.20. The molecule has 0 fully saturated rings. The summed E-state index contributed by atoms with van der Waals surface area (Å²) in [7, 11) is -7.14. The minimum Gasteiger partial charge on any atom is -0.418 e. The van der Waals surface area contributed by atoms with E-state index in [0.29, 0.717) is 0 Å². The molecule has 0 spiro atoms. The van der Waals surface area contributed by atoms with Crippen LogP contribution in [0.3, 0.4) is 0 Å². The number of hydrogen-bond acceptors (Lipinski definition) is 0. The average molecular weight is 388 g/mol. The van der Waals surface area contributed by atoms with Crippen molar-refractivity contribution in [3.63, 3.8) is 0 Å². The Kier molecular flexibility index (Phi) is 7.63. The normalized spacial score (nSPS) is 10.8. The lowest BCUT2D eigenvalue weighted by atomic mass is 10.3. The van der Waals surface area contributed by atoms with Gasteiger partial charge in [-0.25, -0.2) is 0 Å². The van der Waals surface area contributed by atoms with Crippen LogP contribution in [0.1, 0.15) is 0 Å². The van der Waals surface area contributed by atoms with Crippen LogP contribution >= 0.6 is 0 Å². The van der Waals surface area contributed by atoms with Crippen LogP contribution in [0.5, 0.6) is 0 Å². The van der Waals surface area contributed by atoms with Crippen LogP contribution in [0.15, 0.2) is 30.3 Å². The van der Waals surface area contributed by atoms with Gasteiger partial charge < -0.3 is 17.3 Å². The van der Waals surface area contributed by atoms with E-state index in [1.807, 2.05) is 0 Å².